The van der Waals surface area contributed by atoms with Crippen molar-refractivity contribution in [3.63, 3.8) is 0 Å². The minimum atomic E-state index is -0.765. The minimum Gasteiger partial charge on any atom is -0.467 e. The van der Waals surface area contributed by atoms with E-state index in [1.165, 1.54) is 7.11 Å². The van der Waals surface area contributed by atoms with Gasteiger partial charge in [0, 0.05) is 11.0 Å². The molecule has 112 valence electrons. The molecule has 0 saturated carbocycles. The zero-order chi connectivity index (χ0) is 15.0. The van der Waals surface area contributed by atoms with E-state index in [9.17, 15) is 4.79 Å². The van der Waals surface area contributed by atoms with Crippen molar-refractivity contribution in [2.24, 2.45) is 0 Å². The van der Waals surface area contributed by atoms with Gasteiger partial charge in [0.2, 0.25) is 0 Å². The number of rotatable bonds is 8. The smallest absolute Gasteiger partial charge is 0.331 e. The first kappa shape index (κ1) is 17.1. The standard InChI is InChI=1S/C16H25NO2S/c1-5-13(3)20-12-16(17-6-2,15(18)19-4)14-10-8-7-9-11-14/h7-11,13,17H,5-6,12H2,1-4H3. The van der Waals surface area contributed by atoms with Crippen LogP contribution >= 0.6 is 11.8 Å². The average Bonchev–Trinajstić information content (AvgIpc) is 2.51. The van der Waals surface area contributed by atoms with Gasteiger partial charge in [-0.3, -0.25) is 5.32 Å². The van der Waals surface area contributed by atoms with Gasteiger partial charge in [-0.1, -0.05) is 51.1 Å². The summed E-state index contributed by atoms with van der Waals surface area (Å²) in [6, 6.07) is 9.84. The van der Waals surface area contributed by atoms with Crippen molar-refractivity contribution in [2.45, 2.75) is 38.0 Å². The Morgan fingerprint density at radius 1 is 1.35 bits per heavy atom. The van der Waals surface area contributed by atoms with Crippen LogP contribution in [0.5, 0.6) is 0 Å². The topological polar surface area (TPSA) is 38.3 Å². The average molecular weight is 295 g/mol. The summed E-state index contributed by atoms with van der Waals surface area (Å²) in [6.07, 6.45) is 1.09. The van der Waals surface area contributed by atoms with Crippen molar-refractivity contribution in [3.8, 4) is 0 Å². The molecule has 0 radical (unpaired) electrons. The maximum absolute atomic E-state index is 12.4. The van der Waals surface area contributed by atoms with Crippen LogP contribution in [0.3, 0.4) is 0 Å². The largest absolute Gasteiger partial charge is 0.467 e. The third kappa shape index (κ3) is 4.00. The van der Waals surface area contributed by atoms with Crippen LogP contribution in [0.4, 0.5) is 0 Å². The number of hydrogen-bond acceptors (Lipinski definition) is 4. The summed E-state index contributed by atoms with van der Waals surface area (Å²) in [7, 11) is 1.45. The molecule has 0 saturated heterocycles. The molecule has 20 heavy (non-hydrogen) atoms. The summed E-state index contributed by atoms with van der Waals surface area (Å²) >= 11 is 1.80. The molecule has 0 aliphatic heterocycles. The molecule has 1 rings (SSSR count). The van der Waals surface area contributed by atoms with Crippen LogP contribution in [-0.2, 0) is 15.1 Å². The molecule has 2 atom stereocenters. The third-order valence-electron chi connectivity index (χ3n) is 3.44. The van der Waals surface area contributed by atoms with Crippen molar-refractivity contribution in [1.82, 2.24) is 5.32 Å². The fourth-order valence-electron chi connectivity index (χ4n) is 2.07. The van der Waals surface area contributed by atoms with Crippen LogP contribution in [0.15, 0.2) is 30.3 Å². The fraction of sp³-hybridized carbons (Fsp3) is 0.562. The summed E-state index contributed by atoms with van der Waals surface area (Å²) in [5, 5.41) is 3.86. The maximum atomic E-state index is 12.4. The SMILES string of the molecule is CCNC(CSC(C)CC)(C(=O)OC)c1ccccc1. The minimum absolute atomic E-state index is 0.221. The van der Waals surface area contributed by atoms with E-state index < -0.39 is 5.54 Å². The van der Waals surface area contributed by atoms with E-state index in [1.807, 2.05) is 37.3 Å². The lowest BCUT2D eigenvalue weighted by Gasteiger charge is -2.33. The Balaban J connectivity index is 3.11. The molecule has 2 unspecified atom stereocenters. The van der Waals surface area contributed by atoms with E-state index in [-0.39, 0.29) is 5.97 Å². The van der Waals surface area contributed by atoms with Crippen molar-refractivity contribution < 1.29 is 9.53 Å². The molecule has 0 spiro atoms. The van der Waals surface area contributed by atoms with Gasteiger partial charge in [0.15, 0.2) is 5.54 Å². The second-order valence-corrected chi connectivity index (χ2v) is 6.25. The summed E-state index contributed by atoms with van der Waals surface area (Å²) in [6.45, 7) is 7.07. The third-order valence-corrected chi connectivity index (χ3v) is 4.94. The number of thioether (sulfide) groups is 1. The zero-order valence-corrected chi connectivity index (χ0v) is 13.6. The van der Waals surface area contributed by atoms with Gasteiger partial charge in [-0.2, -0.15) is 11.8 Å². The summed E-state index contributed by atoms with van der Waals surface area (Å²) in [4.78, 5) is 12.4. The molecule has 4 heteroatoms. The number of methoxy groups -OCH3 is 1. The summed E-state index contributed by atoms with van der Waals surface area (Å²) < 4.78 is 5.07. The number of benzene rings is 1. The molecule has 0 amide bonds. The number of carbonyl (C=O) groups excluding carboxylic acids is 1. The molecule has 3 nitrogen and oxygen atoms in total. The lowest BCUT2D eigenvalue weighted by Crippen LogP contribution is -2.52. The first-order chi connectivity index (χ1) is 9.60. The normalized spacial score (nSPS) is 15.4. The zero-order valence-electron chi connectivity index (χ0n) is 12.8. The second kappa shape index (κ2) is 8.32. The van der Waals surface area contributed by atoms with E-state index in [0.717, 1.165) is 12.0 Å². The molecule has 1 aromatic carbocycles. The van der Waals surface area contributed by atoms with Crippen LogP contribution in [0.1, 0.15) is 32.8 Å². The van der Waals surface area contributed by atoms with Crippen molar-refractivity contribution in [1.29, 1.82) is 0 Å². The van der Waals surface area contributed by atoms with E-state index in [2.05, 4.69) is 19.2 Å². The van der Waals surface area contributed by atoms with E-state index in [0.29, 0.717) is 17.5 Å². The van der Waals surface area contributed by atoms with Gasteiger partial charge in [-0.05, 0) is 18.5 Å². The monoisotopic (exact) mass is 295 g/mol. The van der Waals surface area contributed by atoms with Crippen molar-refractivity contribution in [3.05, 3.63) is 35.9 Å². The molecule has 0 aromatic heterocycles. The van der Waals surface area contributed by atoms with Crippen molar-refractivity contribution >= 4 is 17.7 Å². The lowest BCUT2D eigenvalue weighted by atomic mass is 9.91. The highest BCUT2D eigenvalue weighted by atomic mass is 32.2. The Hall–Kier alpha value is -1.00. The molecule has 0 aliphatic rings. The van der Waals surface area contributed by atoms with Crippen LogP contribution in [0.2, 0.25) is 0 Å². The quantitative estimate of drug-likeness (QED) is 0.748. The second-order valence-electron chi connectivity index (χ2n) is 4.82. The Bertz CT molecular complexity index is 410. The van der Waals surface area contributed by atoms with Gasteiger partial charge in [0.1, 0.15) is 0 Å². The molecule has 1 aromatic rings. The van der Waals surface area contributed by atoms with Gasteiger partial charge in [-0.15, -0.1) is 0 Å². The first-order valence-corrected chi connectivity index (χ1v) is 8.16. The summed E-state index contributed by atoms with van der Waals surface area (Å²) in [5.41, 5.74) is 0.197. The predicted molar refractivity (Wildman–Crippen MR) is 86.0 cm³/mol. The van der Waals surface area contributed by atoms with Gasteiger partial charge in [0.05, 0.1) is 7.11 Å². The van der Waals surface area contributed by atoms with Crippen LogP contribution in [-0.4, -0.2) is 30.6 Å². The molecule has 0 fully saturated rings. The maximum Gasteiger partial charge on any atom is 0.331 e. The van der Waals surface area contributed by atoms with Gasteiger partial charge in [0.25, 0.3) is 0 Å². The van der Waals surface area contributed by atoms with Crippen LogP contribution in [0.25, 0.3) is 0 Å². The molecule has 1 N–H and O–H groups in total. The lowest BCUT2D eigenvalue weighted by molar-refractivity contribution is -0.148. The van der Waals surface area contributed by atoms with Crippen LogP contribution in [0, 0.1) is 0 Å². The number of carbonyl (C=O) groups is 1. The Labute approximate surface area is 126 Å². The van der Waals surface area contributed by atoms with Gasteiger partial charge < -0.3 is 4.74 Å². The van der Waals surface area contributed by atoms with E-state index >= 15 is 0 Å². The first-order valence-electron chi connectivity index (χ1n) is 7.11. The predicted octanol–water partition coefficient (Wildman–Crippen LogP) is 3.20. The fourth-order valence-corrected chi connectivity index (χ4v) is 3.23. The Morgan fingerprint density at radius 2 is 2.00 bits per heavy atom. The molecular weight excluding hydrogens is 270 g/mol. The molecular formula is C16H25NO2S. The molecule has 0 bridgehead atoms. The van der Waals surface area contributed by atoms with E-state index in [4.69, 9.17) is 4.74 Å². The number of hydrogen-bond donors (Lipinski definition) is 1. The van der Waals surface area contributed by atoms with Gasteiger partial charge >= 0.3 is 5.97 Å². The number of nitrogens with one attached hydrogen (secondary N) is 1. The van der Waals surface area contributed by atoms with Gasteiger partial charge in [-0.25, -0.2) is 4.79 Å². The highest BCUT2D eigenvalue weighted by Crippen LogP contribution is 2.30. The highest BCUT2D eigenvalue weighted by molar-refractivity contribution is 7.99. The number of ether oxygens (including phenoxy) is 1. The Kier molecular flexibility index (Phi) is 7.10. The Morgan fingerprint density at radius 3 is 2.50 bits per heavy atom. The number of esters is 1. The highest BCUT2D eigenvalue weighted by Gasteiger charge is 2.40. The molecule has 0 heterocycles. The van der Waals surface area contributed by atoms with Crippen molar-refractivity contribution in [2.75, 3.05) is 19.4 Å². The summed E-state index contributed by atoms with van der Waals surface area (Å²) in [5.74, 6) is 0.452. The molecule has 0 aliphatic carbocycles. The van der Waals surface area contributed by atoms with E-state index in [1.54, 1.807) is 11.8 Å². The van der Waals surface area contributed by atoms with Crippen LogP contribution < -0.4 is 5.32 Å². The number of likely N-dealkylation sites (N-methyl/N-ethyl adjacent to an activating group) is 1.